The van der Waals surface area contributed by atoms with E-state index in [0.717, 1.165) is 37.3 Å². The molecule has 5 nitrogen and oxygen atoms in total. The van der Waals surface area contributed by atoms with Gasteiger partial charge < -0.3 is 10.1 Å². The van der Waals surface area contributed by atoms with Gasteiger partial charge in [-0.05, 0) is 41.7 Å². The number of anilines is 1. The lowest BCUT2D eigenvalue weighted by Crippen LogP contribution is -2.28. The van der Waals surface area contributed by atoms with Gasteiger partial charge in [-0.3, -0.25) is 4.31 Å². The highest BCUT2D eigenvalue weighted by atomic mass is 35.5. The minimum atomic E-state index is -3.68. The first-order valence-electron chi connectivity index (χ1n) is 8.67. The van der Waals surface area contributed by atoms with Crippen molar-refractivity contribution in [3.05, 3.63) is 58.6 Å². The number of nitrogens with zero attached hydrogens (tertiary/aromatic N) is 1. The largest absolute Gasteiger partial charge is 0.381 e. The molecular weight excluding hydrogens is 372 g/mol. The number of nitrogens with one attached hydrogen (secondary N) is 1. The normalized spacial score (nSPS) is 24.0. The third kappa shape index (κ3) is 3.01. The molecule has 2 aromatic carbocycles. The van der Waals surface area contributed by atoms with Crippen LogP contribution in [0.15, 0.2) is 47.4 Å². The van der Waals surface area contributed by atoms with Crippen molar-refractivity contribution < 1.29 is 13.2 Å². The minimum absolute atomic E-state index is 0.223. The van der Waals surface area contributed by atoms with Crippen LogP contribution < -0.4 is 9.62 Å². The summed E-state index contributed by atoms with van der Waals surface area (Å²) in [6.07, 6.45) is 1.02. The van der Waals surface area contributed by atoms with Crippen molar-refractivity contribution in [2.24, 2.45) is 5.92 Å². The number of ether oxygens (including phenoxy) is 1. The molecule has 0 saturated carbocycles. The number of rotatable bonds is 3. The molecule has 2 aliphatic rings. The smallest absolute Gasteiger partial charge is 0.264 e. The van der Waals surface area contributed by atoms with Crippen LogP contribution >= 0.6 is 11.6 Å². The van der Waals surface area contributed by atoms with Gasteiger partial charge in [0.15, 0.2) is 0 Å². The van der Waals surface area contributed by atoms with Gasteiger partial charge in [-0.15, -0.1) is 0 Å². The van der Waals surface area contributed by atoms with E-state index in [0.29, 0.717) is 16.6 Å². The zero-order chi connectivity index (χ0) is 18.3. The van der Waals surface area contributed by atoms with E-state index in [4.69, 9.17) is 16.3 Å². The van der Waals surface area contributed by atoms with Crippen molar-refractivity contribution in [1.82, 2.24) is 5.32 Å². The maximum absolute atomic E-state index is 13.2. The minimum Gasteiger partial charge on any atom is -0.381 e. The van der Waals surface area contributed by atoms with Crippen LogP contribution in [-0.4, -0.2) is 35.2 Å². The molecule has 0 aliphatic carbocycles. The quantitative estimate of drug-likeness (QED) is 0.871. The van der Waals surface area contributed by atoms with Gasteiger partial charge in [0.1, 0.15) is 0 Å². The Labute approximate surface area is 159 Å². The number of sulfonamides is 1. The van der Waals surface area contributed by atoms with Crippen molar-refractivity contribution in [1.29, 1.82) is 0 Å². The Bertz CT molecular complexity index is 926. The van der Waals surface area contributed by atoms with Crippen LogP contribution in [0, 0.1) is 5.92 Å². The van der Waals surface area contributed by atoms with Gasteiger partial charge >= 0.3 is 0 Å². The van der Waals surface area contributed by atoms with E-state index in [1.54, 1.807) is 19.2 Å². The second-order valence-electron chi connectivity index (χ2n) is 6.78. The van der Waals surface area contributed by atoms with Crippen molar-refractivity contribution in [3.63, 3.8) is 0 Å². The van der Waals surface area contributed by atoms with Gasteiger partial charge in [-0.1, -0.05) is 35.9 Å². The highest BCUT2D eigenvalue weighted by Gasteiger charge is 2.35. The molecule has 0 amide bonds. The molecule has 2 aliphatic heterocycles. The maximum Gasteiger partial charge on any atom is 0.264 e. The SMILES string of the molecule is CN1c2ccccc2C(NCC2CCOC2)c2ccc(Cl)cc2S1(=O)=O. The van der Waals surface area contributed by atoms with Crippen molar-refractivity contribution in [2.75, 3.05) is 31.1 Å². The molecular formula is C19H21ClN2O3S. The average molecular weight is 393 g/mol. The van der Waals surface area contributed by atoms with Crippen molar-refractivity contribution in [3.8, 4) is 0 Å². The molecule has 26 heavy (non-hydrogen) atoms. The predicted molar refractivity (Wildman–Crippen MR) is 102 cm³/mol. The van der Waals surface area contributed by atoms with E-state index in [-0.39, 0.29) is 10.9 Å². The maximum atomic E-state index is 13.2. The van der Waals surface area contributed by atoms with Gasteiger partial charge in [-0.2, -0.15) is 0 Å². The molecule has 4 rings (SSSR count). The first-order valence-corrected chi connectivity index (χ1v) is 10.5. The Morgan fingerprint density at radius 2 is 2.04 bits per heavy atom. The molecule has 138 valence electrons. The standard InChI is InChI=1S/C19H21ClN2O3S/c1-22-17-5-3-2-4-15(17)19(21-11-13-8-9-25-12-13)16-7-6-14(20)10-18(16)26(22,23)24/h2-7,10,13,19,21H,8-9,11-12H2,1H3. The molecule has 0 spiro atoms. The second kappa shape index (κ2) is 6.85. The van der Waals surface area contributed by atoms with Crippen LogP contribution in [0.5, 0.6) is 0 Å². The average Bonchev–Trinajstić information content (AvgIpc) is 3.14. The number of fused-ring (bicyclic) bond motifs is 2. The Hall–Kier alpha value is -1.60. The summed E-state index contributed by atoms with van der Waals surface area (Å²) in [6, 6.07) is 12.5. The molecule has 0 aromatic heterocycles. The van der Waals surface area contributed by atoms with Crippen LogP contribution in [0.1, 0.15) is 23.6 Å². The van der Waals surface area contributed by atoms with E-state index >= 15 is 0 Å². The van der Waals surface area contributed by atoms with E-state index in [9.17, 15) is 8.42 Å². The second-order valence-corrected chi connectivity index (χ2v) is 9.16. The Morgan fingerprint density at radius 3 is 2.81 bits per heavy atom. The fourth-order valence-electron chi connectivity index (χ4n) is 3.68. The van der Waals surface area contributed by atoms with Gasteiger partial charge in [0, 0.05) is 25.2 Å². The first kappa shape index (κ1) is 17.8. The van der Waals surface area contributed by atoms with Gasteiger partial charge in [0.05, 0.1) is 23.2 Å². The Balaban J connectivity index is 1.85. The molecule has 2 unspecified atom stereocenters. The molecule has 7 heteroatoms. The van der Waals surface area contributed by atoms with Gasteiger partial charge in [0.2, 0.25) is 0 Å². The molecule has 0 bridgehead atoms. The van der Waals surface area contributed by atoms with Crippen LogP contribution in [0.4, 0.5) is 5.69 Å². The summed E-state index contributed by atoms with van der Waals surface area (Å²) in [4.78, 5) is 0.254. The zero-order valence-corrected chi connectivity index (χ0v) is 16.1. The summed E-state index contributed by atoms with van der Waals surface area (Å²) < 4.78 is 33.1. The van der Waals surface area contributed by atoms with Crippen LogP contribution in [-0.2, 0) is 14.8 Å². The van der Waals surface area contributed by atoms with E-state index in [1.807, 2.05) is 30.3 Å². The highest BCUT2D eigenvalue weighted by molar-refractivity contribution is 7.92. The van der Waals surface area contributed by atoms with Gasteiger partial charge in [-0.25, -0.2) is 8.42 Å². The molecule has 1 saturated heterocycles. The molecule has 1 fully saturated rings. The summed E-state index contributed by atoms with van der Waals surface area (Å²) in [6.45, 7) is 2.30. The van der Waals surface area contributed by atoms with Crippen molar-refractivity contribution in [2.45, 2.75) is 17.4 Å². The summed E-state index contributed by atoms with van der Waals surface area (Å²) in [7, 11) is -2.09. The summed E-state index contributed by atoms with van der Waals surface area (Å²) in [5.41, 5.74) is 2.35. The number of para-hydroxylation sites is 1. The van der Waals surface area contributed by atoms with Crippen LogP contribution in [0.3, 0.4) is 0 Å². The fraction of sp³-hybridized carbons (Fsp3) is 0.368. The monoisotopic (exact) mass is 392 g/mol. The first-order chi connectivity index (χ1) is 12.5. The predicted octanol–water partition coefficient (Wildman–Crippen LogP) is 3.19. The number of hydrogen-bond donors (Lipinski definition) is 1. The molecule has 1 N–H and O–H groups in total. The third-order valence-electron chi connectivity index (χ3n) is 5.15. The zero-order valence-electron chi connectivity index (χ0n) is 14.5. The van der Waals surface area contributed by atoms with E-state index < -0.39 is 10.0 Å². The lowest BCUT2D eigenvalue weighted by Gasteiger charge is -2.23. The molecule has 2 atom stereocenters. The third-order valence-corrected chi connectivity index (χ3v) is 7.21. The summed E-state index contributed by atoms with van der Waals surface area (Å²) >= 11 is 6.12. The molecule has 0 radical (unpaired) electrons. The molecule has 2 aromatic rings. The summed E-state index contributed by atoms with van der Waals surface area (Å²) in [5.74, 6) is 0.440. The number of benzene rings is 2. The lowest BCUT2D eigenvalue weighted by molar-refractivity contribution is 0.185. The number of hydrogen-bond acceptors (Lipinski definition) is 4. The van der Waals surface area contributed by atoms with Crippen LogP contribution in [0.2, 0.25) is 5.02 Å². The number of halogens is 1. The van der Waals surface area contributed by atoms with E-state index in [2.05, 4.69) is 5.32 Å². The summed E-state index contributed by atoms with van der Waals surface area (Å²) in [5, 5.41) is 3.99. The highest BCUT2D eigenvalue weighted by Crippen LogP contribution is 2.40. The topological polar surface area (TPSA) is 58.6 Å². The Kier molecular flexibility index (Phi) is 4.69. The van der Waals surface area contributed by atoms with E-state index in [1.165, 1.54) is 4.31 Å². The van der Waals surface area contributed by atoms with Gasteiger partial charge in [0.25, 0.3) is 10.0 Å². The lowest BCUT2D eigenvalue weighted by atomic mass is 9.96. The fourth-order valence-corrected chi connectivity index (χ4v) is 5.40. The molecule has 2 heterocycles. The van der Waals surface area contributed by atoms with Crippen molar-refractivity contribution >= 4 is 27.3 Å². The Morgan fingerprint density at radius 1 is 1.23 bits per heavy atom. The van der Waals surface area contributed by atoms with Crippen LogP contribution in [0.25, 0.3) is 0 Å².